The van der Waals surface area contributed by atoms with Crippen molar-refractivity contribution in [2.45, 2.75) is 19.8 Å². The summed E-state index contributed by atoms with van der Waals surface area (Å²) < 4.78 is 0. The number of rotatable bonds is 5. The van der Waals surface area contributed by atoms with Gasteiger partial charge in [0.05, 0.1) is 11.4 Å². The molecule has 5 nitrogen and oxygen atoms in total. The van der Waals surface area contributed by atoms with E-state index in [0.717, 1.165) is 24.7 Å². The minimum absolute atomic E-state index is 0.115. The molecule has 0 spiro atoms. The Bertz CT molecular complexity index is 481. The highest BCUT2D eigenvalue weighted by Gasteiger charge is 2.15. The summed E-state index contributed by atoms with van der Waals surface area (Å²) in [6, 6.07) is 5.38. The van der Waals surface area contributed by atoms with E-state index < -0.39 is 0 Å². The third-order valence-corrected chi connectivity index (χ3v) is 4.16. The molecule has 21 heavy (non-hydrogen) atoms. The number of piperidine rings is 1. The van der Waals surface area contributed by atoms with Crippen LogP contribution in [0.15, 0.2) is 18.2 Å². The lowest BCUT2D eigenvalue weighted by Gasteiger charge is -2.30. The van der Waals surface area contributed by atoms with Gasteiger partial charge in [0.25, 0.3) is 5.91 Å². The van der Waals surface area contributed by atoms with Gasteiger partial charge in [-0.25, -0.2) is 0 Å². The van der Waals surface area contributed by atoms with E-state index in [1.807, 2.05) is 6.07 Å². The minimum Gasteiger partial charge on any atom is -0.397 e. The second kappa shape index (κ2) is 7.31. The molecule has 1 heterocycles. The summed E-state index contributed by atoms with van der Waals surface area (Å²) in [5, 5.41) is 5.95. The quantitative estimate of drug-likeness (QED) is 0.723. The molecule has 1 aromatic rings. The first-order chi connectivity index (χ1) is 10.1. The van der Waals surface area contributed by atoms with Crippen LogP contribution >= 0.6 is 0 Å². The highest BCUT2D eigenvalue weighted by atomic mass is 16.1. The second-order valence-electron chi connectivity index (χ2n) is 5.83. The zero-order valence-electron chi connectivity index (χ0n) is 13.0. The normalized spacial score (nSPS) is 16.7. The van der Waals surface area contributed by atoms with Gasteiger partial charge in [0.2, 0.25) is 0 Å². The fourth-order valence-corrected chi connectivity index (χ4v) is 2.64. The monoisotopic (exact) mass is 290 g/mol. The molecule has 0 bridgehead atoms. The number of nitrogens with zero attached hydrogens (tertiary/aromatic N) is 1. The van der Waals surface area contributed by atoms with Crippen LogP contribution in [0, 0.1) is 5.92 Å². The maximum Gasteiger partial charge on any atom is 0.251 e. The topological polar surface area (TPSA) is 70.4 Å². The predicted octanol–water partition coefficient (Wildman–Crippen LogP) is 1.77. The first kappa shape index (κ1) is 15.6. The van der Waals surface area contributed by atoms with Crippen LogP contribution in [0.2, 0.25) is 0 Å². The van der Waals surface area contributed by atoms with E-state index in [9.17, 15) is 4.79 Å². The molecule has 5 heteroatoms. The summed E-state index contributed by atoms with van der Waals surface area (Å²) in [4.78, 5) is 14.0. The van der Waals surface area contributed by atoms with Crippen molar-refractivity contribution in [2.24, 2.45) is 5.92 Å². The molecule has 0 atom stereocenters. The van der Waals surface area contributed by atoms with Crippen molar-refractivity contribution in [3.05, 3.63) is 23.8 Å². The SMILES string of the molecule is CNC(=O)c1ccc(NCCN2CCC(C)CC2)c(N)c1. The predicted molar refractivity (Wildman–Crippen MR) is 87.6 cm³/mol. The zero-order valence-corrected chi connectivity index (χ0v) is 13.0. The van der Waals surface area contributed by atoms with Gasteiger partial charge in [-0.3, -0.25) is 4.79 Å². The van der Waals surface area contributed by atoms with Gasteiger partial charge in [-0.2, -0.15) is 0 Å². The summed E-state index contributed by atoms with van der Waals surface area (Å²) in [6.45, 7) is 6.60. The molecule has 116 valence electrons. The van der Waals surface area contributed by atoms with Crippen LogP contribution in [0.25, 0.3) is 0 Å². The van der Waals surface area contributed by atoms with Crippen molar-refractivity contribution in [3.8, 4) is 0 Å². The lowest BCUT2D eigenvalue weighted by Crippen LogP contribution is -2.36. The number of nitrogen functional groups attached to an aromatic ring is 1. The van der Waals surface area contributed by atoms with Gasteiger partial charge >= 0.3 is 0 Å². The molecule has 1 fully saturated rings. The molecule has 0 saturated carbocycles. The first-order valence-corrected chi connectivity index (χ1v) is 7.68. The van der Waals surface area contributed by atoms with E-state index in [4.69, 9.17) is 5.73 Å². The van der Waals surface area contributed by atoms with E-state index in [2.05, 4.69) is 22.5 Å². The van der Waals surface area contributed by atoms with E-state index >= 15 is 0 Å². The third kappa shape index (κ3) is 4.36. The molecule has 1 aliphatic rings. The number of hydrogen-bond donors (Lipinski definition) is 3. The Morgan fingerprint density at radius 1 is 1.38 bits per heavy atom. The number of nitrogens with one attached hydrogen (secondary N) is 2. The Kier molecular flexibility index (Phi) is 5.44. The Morgan fingerprint density at radius 2 is 2.10 bits per heavy atom. The second-order valence-corrected chi connectivity index (χ2v) is 5.83. The third-order valence-electron chi connectivity index (χ3n) is 4.16. The molecule has 1 saturated heterocycles. The highest BCUT2D eigenvalue weighted by molar-refractivity contribution is 5.95. The Morgan fingerprint density at radius 3 is 2.71 bits per heavy atom. The Balaban J connectivity index is 1.82. The maximum atomic E-state index is 11.5. The van der Waals surface area contributed by atoms with Crippen LogP contribution in [-0.2, 0) is 0 Å². The largest absolute Gasteiger partial charge is 0.397 e. The van der Waals surface area contributed by atoms with E-state index in [0.29, 0.717) is 11.3 Å². The van der Waals surface area contributed by atoms with Crippen molar-refractivity contribution < 1.29 is 4.79 Å². The van der Waals surface area contributed by atoms with Gasteiger partial charge in [-0.05, 0) is 50.0 Å². The van der Waals surface area contributed by atoms with Crippen LogP contribution in [0.3, 0.4) is 0 Å². The summed E-state index contributed by atoms with van der Waals surface area (Å²) in [5.74, 6) is 0.748. The van der Waals surface area contributed by atoms with Gasteiger partial charge in [0.15, 0.2) is 0 Å². The molecular weight excluding hydrogens is 264 g/mol. The zero-order chi connectivity index (χ0) is 15.2. The van der Waals surface area contributed by atoms with E-state index in [1.54, 1.807) is 19.2 Å². The van der Waals surface area contributed by atoms with Crippen LogP contribution in [0.5, 0.6) is 0 Å². The number of benzene rings is 1. The van der Waals surface area contributed by atoms with E-state index in [1.165, 1.54) is 25.9 Å². The molecule has 1 aromatic carbocycles. The fraction of sp³-hybridized carbons (Fsp3) is 0.562. The Hall–Kier alpha value is -1.75. The molecule has 2 rings (SSSR count). The maximum absolute atomic E-state index is 11.5. The molecule has 0 aliphatic carbocycles. The van der Waals surface area contributed by atoms with Gasteiger partial charge in [-0.1, -0.05) is 6.92 Å². The smallest absolute Gasteiger partial charge is 0.251 e. The minimum atomic E-state index is -0.115. The van der Waals surface area contributed by atoms with Crippen LogP contribution in [-0.4, -0.2) is 44.0 Å². The average molecular weight is 290 g/mol. The number of nitrogens with two attached hydrogens (primary N) is 1. The molecule has 0 unspecified atom stereocenters. The fourth-order valence-electron chi connectivity index (χ4n) is 2.64. The van der Waals surface area contributed by atoms with Crippen molar-refractivity contribution in [2.75, 3.05) is 44.3 Å². The van der Waals surface area contributed by atoms with Crippen molar-refractivity contribution in [3.63, 3.8) is 0 Å². The standard InChI is InChI=1S/C16H26N4O/c1-12-5-8-20(9-6-12)10-7-19-15-4-3-13(11-14(15)17)16(21)18-2/h3-4,11-12,19H,5-10,17H2,1-2H3,(H,18,21). The number of anilines is 2. The number of likely N-dealkylation sites (tertiary alicyclic amines) is 1. The lowest BCUT2D eigenvalue weighted by molar-refractivity contribution is 0.0963. The number of amides is 1. The molecule has 1 amide bonds. The molecule has 1 aliphatic heterocycles. The number of hydrogen-bond acceptors (Lipinski definition) is 4. The van der Waals surface area contributed by atoms with E-state index in [-0.39, 0.29) is 5.91 Å². The lowest BCUT2D eigenvalue weighted by atomic mass is 9.99. The molecule has 4 N–H and O–H groups in total. The van der Waals surface area contributed by atoms with Crippen molar-refractivity contribution in [1.29, 1.82) is 0 Å². The first-order valence-electron chi connectivity index (χ1n) is 7.68. The van der Waals surface area contributed by atoms with Crippen molar-refractivity contribution in [1.82, 2.24) is 10.2 Å². The highest BCUT2D eigenvalue weighted by Crippen LogP contribution is 2.20. The summed E-state index contributed by atoms with van der Waals surface area (Å²) in [5.41, 5.74) is 8.09. The van der Waals surface area contributed by atoms with Gasteiger partial charge in [-0.15, -0.1) is 0 Å². The summed E-state index contributed by atoms with van der Waals surface area (Å²) >= 11 is 0. The summed E-state index contributed by atoms with van der Waals surface area (Å²) in [6.07, 6.45) is 2.59. The van der Waals surface area contributed by atoms with Gasteiger partial charge < -0.3 is 21.3 Å². The summed E-state index contributed by atoms with van der Waals surface area (Å²) in [7, 11) is 1.62. The van der Waals surface area contributed by atoms with Gasteiger partial charge in [0, 0.05) is 25.7 Å². The Labute approximate surface area is 126 Å². The molecular formula is C16H26N4O. The molecule has 0 radical (unpaired) electrons. The van der Waals surface area contributed by atoms with Gasteiger partial charge in [0.1, 0.15) is 0 Å². The number of carbonyl (C=O) groups excluding carboxylic acids is 1. The average Bonchev–Trinajstić information content (AvgIpc) is 2.50. The van der Waals surface area contributed by atoms with Crippen LogP contribution in [0.4, 0.5) is 11.4 Å². The van der Waals surface area contributed by atoms with Crippen LogP contribution in [0.1, 0.15) is 30.1 Å². The molecule has 0 aromatic heterocycles. The number of carbonyl (C=O) groups is 1. The van der Waals surface area contributed by atoms with Crippen molar-refractivity contribution >= 4 is 17.3 Å². The van der Waals surface area contributed by atoms with Crippen LogP contribution < -0.4 is 16.4 Å².